The topological polar surface area (TPSA) is 62.3 Å². The fourth-order valence-electron chi connectivity index (χ4n) is 3.54. The Morgan fingerprint density at radius 2 is 1.70 bits per heavy atom. The number of amides is 2. The molecule has 4 aromatic rings. The summed E-state index contributed by atoms with van der Waals surface area (Å²) in [6, 6.07) is 27.0. The monoisotopic (exact) mass is 455 g/mol. The molecule has 0 fully saturated rings. The first-order valence-electron chi connectivity index (χ1n) is 10.8. The molecule has 0 saturated heterocycles. The highest BCUT2D eigenvalue weighted by Crippen LogP contribution is 2.23. The van der Waals surface area contributed by atoms with Crippen molar-refractivity contribution in [3.63, 3.8) is 0 Å². The molecule has 2 aromatic carbocycles. The van der Waals surface area contributed by atoms with Gasteiger partial charge in [0.2, 0.25) is 5.91 Å². The van der Waals surface area contributed by atoms with Crippen LogP contribution in [0.25, 0.3) is 0 Å². The average Bonchev–Trinajstić information content (AvgIpc) is 3.39. The van der Waals surface area contributed by atoms with Crippen molar-refractivity contribution in [2.75, 3.05) is 11.4 Å². The van der Waals surface area contributed by atoms with E-state index in [0.29, 0.717) is 24.4 Å². The molecule has 5 nitrogen and oxygen atoms in total. The van der Waals surface area contributed by atoms with Gasteiger partial charge in [0.1, 0.15) is 0 Å². The number of thiophene rings is 1. The molecule has 4 rings (SSSR count). The third-order valence-corrected chi connectivity index (χ3v) is 6.03. The van der Waals surface area contributed by atoms with Crippen molar-refractivity contribution in [3.8, 4) is 0 Å². The van der Waals surface area contributed by atoms with Crippen molar-refractivity contribution >= 4 is 28.8 Å². The number of aromatic nitrogens is 1. The maximum Gasteiger partial charge on any atom is 0.268 e. The fourth-order valence-corrected chi connectivity index (χ4v) is 4.21. The Morgan fingerprint density at radius 3 is 2.45 bits per heavy atom. The van der Waals surface area contributed by atoms with E-state index in [0.717, 1.165) is 22.5 Å². The molecule has 0 saturated carbocycles. The number of hydrogen-bond donors (Lipinski definition) is 1. The molecule has 2 heterocycles. The van der Waals surface area contributed by atoms with Crippen LogP contribution in [0.1, 0.15) is 26.5 Å². The predicted octanol–water partition coefficient (Wildman–Crippen LogP) is 4.89. The van der Waals surface area contributed by atoms with E-state index >= 15 is 0 Å². The molecule has 1 N–H and O–H groups in total. The lowest BCUT2D eigenvalue weighted by Crippen LogP contribution is -2.30. The Morgan fingerprint density at radius 1 is 0.879 bits per heavy atom. The van der Waals surface area contributed by atoms with E-state index < -0.39 is 0 Å². The summed E-state index contributed by atoms with van der Waals surface area (Å²) in [4.78, 5) is 32.5. The highest BCUT2D eigenvalue weighted by molar-refractivity contribution is 7.12. The molecule has 2 aromatic heterocycles. The summed E-state index contributed by atoms with van der Waals surface area (Å²) in [7, 11) is 0. The van der Waals surface area contributed by atoms with E-state index in [4.69, 9.17) is 0 Å². The van der Waals surface area contributed by atoms with Crippen LogP contribution >= 0.6 is 11.3 Å². The first-order valence-corrected chi connectivity index (χ1v) is 11.7. The summed E-state index contributed by atoms with van der Waals surface area (Å²) in [6.07, 6.45) is 2.69. The smallest absolute Gasteiger partial charge is 0.268 e. The quantitative estimate of drug-likeness (QED) is 0.391. The van der Waals surface area contributed by atoms with Gasteiger partial charge in [0, 0.05) is 30.5 Å². The van der Waals surface area contributed by atoms with Crippen LogP contribution in [0.2, 0.25) is 0 Å². The maximum absolute atomic E-state index is 13.3. The molecule has 6 heteroatoms. The van der Waals surface area contributed by atoms with Gasteiger partial charge in [0.05, 0.1) is 17.8 Å². The minimum atomic E-state index is -0.0535. The fraction of sp³-hybridized carbons (Fsp3) is 0.148. The minimum Gasteiger partial charge on any atom is -0.355 e. The van der Waals surface area contributed by atoms with E-state index in [2.05, 4.69) is 10.3 Å². The average molecular weight is 456 g/mol. The van der Waals surface area contributed by atoms with Gasteiger partial charge in [0.25, 0.3) is 5.91 Å². The summed E-state index contributed by atoms with van der Waals surface area (Å²) in [5.74, 6) is -0.104. The second-order valence-corrected chi connectivity index (χ2v) is 8.57. The van der Waals surface area contributed by atoms with Crippen LogP contribution in [-0.2, 0) is 24.2 Å². The van der Waals surface area contributed by atoms with E-state index in [9.17, 15) is 9.59 Å². The Labute approximate surface area is 197 Å². The molecular formula is C27H25N3O2S. The molecule has 0 atom stereocenters. The van der Waals surface area contributed by atoms with Crippen LogP contribution in [0.15, 0.2) is 96.5 Å². The number of nitrogens with one attached hydrogen (secondary N) is 1. The van der Waals surface area contributed by atoms with Gasteiger partial charge in [-0.1, -0.05) is 54.6 Å². The third-order valence-electron chi connectivity index (χ3n) is 5.18. The van der Waals surface area contributed by atoms with Gasteiger partial charge >= 0.3 is 0 Å². The second kappa shape index (κ2) is 11.2. The molecule has 0 aliphatic heterocycles. The normalized spacial score (nSPS) is 10.5. The van der Waals surface area contributed by atoms with Crippen molar-refractivity contribution in [1.29, 1.82) is 0 Å². The van der Waals surface area contributed by atoms with Gasteiger partial charge in [-0.3, -0.25) is 14.6 Å². The lowest BCUT2D eigenvalue weighted by molar-refractivity contribution is -0.120. The Bertz CT molecular complexity index is 1180. The number of hydrogen-bond acceptors (Lipinski definition) is 4. The van der Waals surface area contributed by atoms with Crippen LogP contribution in [0, 0.1) is 0 Å². The first kappa shape index (κ1) is 22.4. The molecule has 2 amide bonds. The second-order valence-electron chi connectivity index (χ2n) is 7.62. The van der Waals surface area contributed by atoms with Gasteiger partial charge in [0.15, 0.2) is 0 Å². The van der Waals surface area contributed by atoms with E-state index in [1.54, 1.807) is 11.1 Å². The van der Waals surface area contributed by atoms with E-state index in [-0.39, 0.29) is 18.2 Å². The summed E-state index contributed by atoms with van der Waals surface area (Å²) < 4.78 is 0. The zero-order valence-electron chi connectivity index (χ0n) is 18.2. The molecule has 0 aliphatic rings. The first-order chi connectivity index (χ1) is 16.2. The van der Waals surface area contributed by atoms with Gasteiger partial charge in [-0.25, -0.2) is 0 Å². The highest BCUT2D eigenvalue weighted by atomic mass is 32.1. The predicted molar refractivity (Wildman–Crippen MR) is 132 cm³/mol. The van der Waals surface area contributed by atoms with Crippen molar-refractivity contribution in [1.82, 2.24) is 10.3 Å². The largest absolute Gasteiger partial charge is 0.355 e. The molecular weight excluding hydrogens is 430 g/mol. The maximum atomic E-state index is 13.3. The van der Waals surface area contributed by atoms with Crippen molar-refractivity contribution in [2.24, 2.45) is 0 Å². The van der Waals surface area contributed by atoms with Crippen LogP contribution in [0.5, 0.6) is 0 Å². The summed E-state index contributed by atoms with van der Waals surface area (Å²) >= 11 is 1.43. The standard InChI is InChI=1S/C27H25N3O2S/c31-26(29-16-14-23-11-4-5-15-28-23)19-22-10-6-12-24(18-22)30(20-21-8-2-1-3-9-21)27(32)25-13-7-17-33-25/h1-13,15,17-18H,14,16,19-20H2,(H,29,31). The lowest BCUT2D eigenvalue weighted by atomic mass is 10.1. The lowest BCUT2D eigenvalue weighted by Gasteiger charge is -2.23. The number of carbonyl (C=O) groups excluding carboxylic acids is 2. The zero-order chi connectivity index (χ0) is 22.9. The summed E-state index contributed by atoms with van der Waals surface area (Å²) in [5.41, 5.74) is 3.62. The Kier molecular flexibility index (Phi) is 7.61. The summed E-state index contributed by atoms with van der Waals surface area (Å²) in [6.45, 7) is 0.990. The third kappa shape index (κ3) is 6.37. The SMILES string of the molecule is O=C(Cc1cccc(N(Cc2ccccc2)C(=O)c2cccs2)c1)NCCc1ccccn1. The van der Waals surface area contributed by atoms with Crippen molar-refractivity contribution in [3.05, 3.63) is 118 Å². The summed E-state index contributed by atoms with van der Waals surface area (Å²) in [5, 5.41) is 4.86. The van der Waals surface area contributed by atoms with Gasteiger partial charge in [-0.2, -0.15) is 0 Å². The molecule has 33 heavy (non-hydrogen) atoms. The molecule has 166 valence electrons. The molecule has 0 aliphatic carbocycles. The van der Waals surface area contributed by atoms with Crippen LogP contribution in [0.4, 0.5) is 5.69 Å². The van der Waals surface area contributed by atoms with Gasteiger partial charge in [-0.05, 0) is 46.8 Å². The van der Waals surface area contributed by atoms with Crippen LogP contribution in [0.3, 0.4) is 0 Å². The molecule has 0 radical (unpaired) electrons. The number of anilines is 1. The Hall–Kier alpha value is -3.77. The molecule has 0 unspecified atom stereocenters. The van der Waals surface area contributed by atoms with E-state index in [1.807, 2.05) is 90.3 Å². The van der Waals surface area contributed by atoms with Crippen LogP contribution in [-0.4, -0.2) is 23.3 Å². The Balaban J connectivity index is 1.45. The molecule has 0 spiro atoms. The number of nitrogens with zero attached hydrogens (tertiary/aromatic N) is 2. The highest BCUT2D eigenvalue weighted by Gasteiger charge is 2.19. The number of rotatable bonds is 9. The zero-order valence-corrected chi connectivity index (χ0v) is 19.0. The molecule has 0 bridgehead atoms. The van der Waals surface area contributed by atoms with Crippen molar-refractivity contribution in [2.45, 2.75) is 19.4 Å². The minimum absolute atomic E-state index is 0.0502. The number of carbonyl (C=O) groups is 2. The number of pyridine rings is 1. The van der Waals surface area contributed by atoms with Gasteiger partial charge in [-0.15, -0.1) is 11.3 Å². The van der Waals surface area contributed by atoms with Crippen LogP contribution < -0.4 is 10.2 Å². The van der Waals surface area contributed by atoms with Gasteiger partial charge < -0.3 is 10.2 Å². The number of benzene rings is 2. The van der Waals surface area contributed by atoms with E-state index in [1.165, 1.54) is 11.3 Å². The van der Waals surface area contributed by atoms with Crippen molar-refractivity contribution < 1.29 is 9.59 Å².